The molecule has 0 bridgehead atoms. The summed E-state index contributed by atoms with van der Waals surface area (Å²) < 4.78 is 15.8. The summed E-state index contributed by atoms with van der Waals surface area (Å²) in [5.74, 6) is 2.64. The van der Waals surface area contributed by atoms with Crippen molar-refractivity contribution in [3.8, 4) is 17.2 Å². The summed E-state index contributed by atoms with van der Waals surface area (Å²) >= 11 is 12.6. The molecule has 126 valence electrons. The van der Waals surface area contributed by atoms with Crippen LogP contribution in [0.15, 0.2) is 29.8 Å². The minimum Gasteiger partial charge on any atom is -0.489 e. The van der Waals surface area contributed by atoms with Gasteiger partial charge in [0.05, 0.1) is 0 Å². The average Bonchev–Trinajstić information content (AvgIpc) is 2.84. The van der Waals surface area contributed by atoms with E-state index in [2.05, 4.69) is 26.8 Å². The molecule has 2 aliphatic rings. The molecule has 1 fully saturated rings. The van der Waals surface area contributed by atoms with Crippen LogP contribution in [0.4, 0.5) is 0 Å². The van der Waals surface area contributed by atoms with Crippen LogP contribution in [0.3, 0.4) is 0 Å². The predicted molar refractivity (Wildman–Crippen MR) is 92.8 cm³/mol. The highest BCUT2D eigenvalue weighted by molar-refractivity contribution is 6.51. The van der Waals surface area contributed by atoms with E-state index in [4.69, 9.17) is 37.4 Å². The summed E-state index contributed by atoms with van der Waals surface area (Å²) in [7, 11) is 0. The standard InChI is InChI=1S/C18H22Cl2O3/c1-12(4-7-16-17(2,3)18(16,19)20)8-9-21-13-5-6-14-15(10-13)23-11-22-14/h5-6,8,10,16H,4,7,9,11H2,1-3H3. The highest BCUT2D eigenvalue weighted by atomic mass is 35.5. The van der Waals surface area contributed by atoms with Gasteiger partial charge < -0.3 is 14.2 Å². The van der Waals surface area contributed by atoms with Crippen molar-refractivity contribution >= 4 is 23.2 Å². The molecule has 23 heavy (non-hydrogen) atoms. The predicted octanol–water partition coefficient (Wildman–Crippen LogP) is 5.35. The molecule has 1 aliphatic heterocycles. The van der Waals surface area contributed by atoms with Crippen LogP contribution in [0.1, 0.15) is 33.6 Å². The number of fused-ring (bicyclic) bond motifs is 1. The Kier molecular flexibility index (Phi) is 4.45. The van der Waals surface area contributed by atoms with Crippen molar-refractivity contribution < 1.29 is 14.2 Å². The lowest BCUT2D eigenvalue weighted by Crippen LogP contribution is -1.96. The molecule has 0 saturated heterocycles. The van der Waals surface area contributed by atoms with E-state index in [0.29, 0.717) is 12.5 Å². The minimum absolute atomic E-state index is 0.0133. The molecule has 5 heteroatoms. The van der Waals surface area contributed by atoms with Crippen LogP contribution in [0.2, 0.25) is 0 Å². The Morgan fingerprint density at radius 1 is 1.30 bits per heavy atom. The van der Waals surface area contributed by atoms with Crippen LogP contribution in [0.25, 0.3) is 0 Å². The van der Waals surface area contributed by atoms with Gasteiger partial charge in [-0.2, -0.15) is 0 Å². The molecule has 1 unspecified atom stereocenters. The molecule has 0 aromatic heterocycles. The third-order valence-corrected chi connectivity index (χ3v) is 6.44. The lowest BCUT2D eigenvalue weighted by Gasteiger charge is -2.06. The molecule has 1 aromatic carbocycles. The first-order valence-corrected chi connectivity index (χ1v) is 8.64. The molecule has 1 atom stereocenters. The molecule has 0 radical (unpaired) electrons. The number of halogens is 2. The van der Waals surface area contributed by atoms with E-state index in [-0.39, 0.29) is 12.2 Å². The van der Waals surface area contributed by atoms with Crippen molar-refractivity contribution in [1.82, 2.24) is 0 Å². The second-order valence-corrected chi connectivity index (χ2v) is 8.20. The Morgan fingerprint density at radius 3 is 2.70 bits per heavy atom. The summed E-state index contributed by atoms with van der Waals surface area (Å²) in [4.78, 5) is 0. The van der Waals surface area contributed by atoms with Gasteiger partial charge in [0.25, 0.3) is 0 Å². The molecule has 1 saturated carbocycles. The molecule has 1 aromatic rings. The van der Waals surface area contributed by atoms with Crippen LogP contribution < -0.4 is 14.2 Å². The number of rotatable bonds is 6. The Hall–Kier alpha value is -1.06. The van der Waals surface area contributed by atoms with Crippen molar-refractivity contribution in [3.05, 3.63) is 29.8 Å². The molecular formula is C18H22Cl2O3. The number of ether oxygens (including phenoxy) is 3. The zero-order valence-electron chi connectivity index (χ0n) is 13.7. The molecule has 1 heterocycles. The Balaban J connectivity index is 1.45. The van der Waals surface area contributed by atoms with Gasteiger partial charge in [0.15, 0.2) is 11.5 Å². The Bertz CT molecular complexity index is 609. The van der Waals surface area contributed by atoms with Crippen molar-refractivity contribution in [2.24, 2.45) is 11.3 Å². The summed E-state index contributed by atoms with van der Waals surface area (Å²) in [5.41, 5.74) is 1.30. The number of benzene rings is 1. The normalized spacial score (nSPS) is 23.7. The van der Waals surface area contributed by atoms with E-state index >= 15 is 0 Å². The van der Waals surface area contributed by atoms with Crippen molar-refractivity contribution in [2.75, 3.05) is 13.4 Å². The number of hydrogen-bond acceptors (Lipinski definition) is 3. The van der Waals surface area contributed by atoms with E-state index in [1.165, 1.54) is 5.57 Å². The molecule has 3 rings (SSSR count). The zero-order valence-corrected chi connectivity index (χ0v) is 15.2. The van der Waals surface area contributed by atoms with Crippen LogP contribution >= 0.6 is 23.2 Å². The first-order valence-electron chi connectivity index (χ1n) is 7.88. The van der Waals surface area contributed by atoms with Gasteiger partial charge in [-0.05, 0) is 38.0 Å². The summed E-state index contributed by atoms with van der Waals surface area (Å²) in [6.45, 7) is 7.17. The molecule has 0 amide bonds. The van der Waals surface area contributed by atoms with Crippen LogP contribution in [0, 0.1) is 11.3 Å². The maximum absolute atomic E-state index is 6.31. The monoisotopic (exact) mass is 356 g/mol. The lowest BCUT2D eigenvalue weighted by atomic mass is 10.0. The van der Waals surface area contributed by atoms with Crippen molar-refractivity contribution in [1.29, 1.82) is 0 Å². The summed E-state index contributed by atoms with van der Waals surface area (Å²) in [6.07, 6.45) is 4.09. The van der Waals surface area contributed by atoms with Gasteiger partial charge in [-0.1, -0.05) is 19.4 Å². The molecule has 3 nitrogen and oxygen atoms in total. The number of hydrogen-bond donors (Lipinski definition) is 0. The van der Waals surface area contributed by atoms with E-state index in [0.717, 1.165) is 30.1 Å². The van der Waals surface area contributed by atoms with E-state index in [9.17, 15) is 0 Å². The molecule has 0 N–H and O–H groups in total. The summed E-state index contributed by atoms with van der Waals surface area (Å²) in [6, 6.07) is 5.61. The largest absolute Gasteiger partial charge is 0.489 e. The maximum Gasteiger partial charge on any atom is 0.231 e. The third kappa shape index (κ3) is 3.27. The van der Waals surface area contributed by atoms with Gasteiger partial charge in [-0.15, -0.1) is 23.2 Å². The van der Waals surface area contributed by atoms with Gasteiger partial charge >= 0.3 is 0 Å². The highest BCUT2D eigenvalue weighted by Gasteiger charge is 2.69. The van der Waals surface area contributed by atoms with Crippen LogP contribution in [0.5, 0.6) is 17.2 Å². The second-order valence-electron chi connectivity index (χ2n) is 6.81. The van der Waals surface area contributed by atoms with Gasteiger partial charge in [0.2, 0.25) is 6.79 Å². The second kappa shape index (κ2) is 6.10. The Morgan fingerprint density at radius 2 is 2.00 bits per heavy atom. The molecule has 0 spiro atoms. The lowest BCUT2D eigenvalue weighted by molar-refractivity contribution is 0.174. The van der Waals surface area contributed by atoms with E-state index in [1.54, 1.807) is 0 Å². The number of alkyl halides is 2. The van der Waals surface area contributed by atoms with Gasteiger partial charge in [0.1, 0.15) is 16.7 Å². The first-order chi connectivity index (χ1) is 10.8. The fourth-order valence-electron chi connectivity index (χ4n) is 3.02. The Labute approximate surface area is 147 Å². The fraction of sp³-hybridized carbons (Fsp3) is 0.556. The molecular weight excluding hydrogens is 335 g/mol. The quantitative estimate of drug-likeness (QED) is 0.507. The SMILES string of the molecule is CC(=CCOc1ccc2c(c1)OCO2)CCC1C(C)(C)C1(Cl)Cl. The first kappa shape index (κ1) is 16.8. The van der Waals surface area contributed by atoms with Gasteiger partial charge in [-0.3, -0.25) is 0 Å². The summed E-state index contributed by atoms with van der Waals surface area (Å²) in [5, 5.41) is 0. The smallest absolute Gasteiger partial charge is 0.231 e. The fourth-order valence-corrected chi connectivity index (χ4v) is 3.94. The average molecular weight is 357 g/mol. The van der Waals surface area contributed by atoms with Crippen molar-refractivity contribution in [3.63, 3.8) is 0 Å². The van der Waals surface area contributed by atoms with Crippen LogP contribution in [-0.2, 0) is 0 Å². The minimum atomic E-state index is -0.573. The highest BCUT2D eigenvalue weighted by Crippen LogP contribution is 2.70. The van der Waals surface area contributed by atoms with Crippen molar-refractivity contribution in [2.45, 2.75) is 37.9 Å². The molecule has 1 aliphatic carbocycles. The van der Waals surface area contributed by atoms with Gasteiger partial charge in [0, 0.05) is 17.4 Å². The third-order valence-electron chi connectivity index (χ3n) is 4.94. The van der Waals surface area contributed by atoms with Gasteiger partial charge in [-0.25, -0.2) is 0 Å². The number of allylic oxidation sites excluding steroid dienone is 1. The van der Waals surface area contributed by atoms with E-state index < -0.39 is 4.33 Å². The topological polar surface area (TPSA) is 27.7 Å². The maximum atomic E-state index is 6.31. The zero-order chi connectivity index (χ0) is 16.7. The van der Waals surface area contributed by atoms with Crippen LogP contribution in [-0.4, -0.2) is 17.7 Å². The van der Waals surface area contributed by atoms with E-state index in [1.807, 2.05) is 18.2 Å².